The highest BCUT2D eigenvalue weighted by atomic mass is 32.2. The molecule has 0 aromatic carbocycles. The van der Waals surface area contributed by atoms with Crippen LogP contribution in [0, 0.1) is 0 Å². The number of hydrogen-bond donors (Lipinski definition) is 1. The first-order valence-electron chi connectivity index (χ1n) is 6.11. The van der Waals surface area contributed by atoms with Gasteiger partial charge in [-0.3, -0.25) is 4.90 Å². The molecule has 0 saturated carbocycles. The van der Waals surface area contributed by atoms with E-state index in [9.17, 15) is 8.42 Å². The maximum absolute atomic E-state index is 11.4. The molecule has 1 unspecified atom stereocenters. The highest BCUT2D eigenvalue weighted by Gasteiger charge is 2.30. The van der Waals surface area contributed by atoms with Gasteiger partial charge in [-0.05, 0) is 13.5 Å². The lowest BCUT2D eigenvalue weighted by Gasteiger charge is -2.21. The maximum Gasteiger partial charge on any atom is 0.151 e. The summed E-state index contributed by atoms with van der Waals surface area (Å²) in [7, 11) is -0.868. The molecular weight excluding hydrogens is 252 g/mol. The summed E-state index contributed by atoms with van der Waals surface area (Å²) in [6, 6.07) is 0.120. The van der Waals surface area contributed by atoms with Gasteiger partial charge in [-0.2, -0.15) is 0 Å². The minimum Gasteiger partial charge on any atom is -0.336 e. The predicted octanol–water partition coefficient (Wildman–Crippen LogP) is -0.539. The lowest BCUT2D eigenvalue weighted by molar-refractivity contribution is 0.251. The molecule has 0 radical (unpaired) electrons. The molecule has 1 aromatic rings. The fourth-order valence-electron chi connectivity index (χ4n) is 2.27. The fourth-order valence-corrected chi connectivity index (χ4v) is 4.07. The van der Waals surface area contributed by atoms with Crippen LogP contribution in [0.4, 0.5) is 0 Å². The molecule has 0 amide bonds. The minimum absolute atomic E-state index is 0.120. The van der Waals surface area contributed by atoms with E-state index in [0.29, 0.717) is 18.8 Å². The standard InChI is InChI=1S/C11H20N4O2S/c1-14(11-2-5-18(16,17)8-11)6-10-7-15(4-3-12)9-13-10/h7,9,11H,2-6,8,12H2,1H3. The van der Waals surface area contributed by atoms with Crippen molar-refractivity contribution in [3.05, 3.63) is 18.2 Å². The molecule has 7 heteroatoms. The van der Waals surface area contributed by atoms with Gasteiger partial charge in [0.25, 0.3) is 0 Å². The van der Waals surface area contributed by atoms with E-state index in [2.05, 4.69) is 9.88 Å². The third kappa shape index (κ3) is 3.30. The van der Waals surface area contributed by atoms with Crippen molar-refractivity contribution in [3.63, 3.8) is 0 Å². The first kappa shape index (κ1) is 13.5. The number of nitrogens with zero attached hydrogens (tertiary/aromatic N) is 3. The summed E-state index contributed by atoms with van der Waals surface area (Å²) in [5.41, 5.74) is 6.43. The van der Waals surface area contributed by atoms with E-state index in [4.69, 9.17) is 5.73 Å². The summed E-state index contributed by atoms with van der Waals surface area (Å²) < 4.78 is 24.8. The molecule has 2 heterocycles. The van der Waals surface area contributed by atoms with E-state index in [1.54, 1.807) is 6.33 Å². The van der Waals surface area contributed by atoms with Gasteiger partial charge >= 0.3 is 0 Å². The van der Waals surface area contributed by atoms with Crippen LogP contribution in [0.3, 0.4) is 0 Å². The first-order chi connectivity index (χ1) is 8.50. The Morgan fingerprint density at radius 3 is 3.00 bits per heavy atom. The van der Waals surface area contributed by atoms with Crippen molar-refractivity contribution in [1.29, 1.82) is 0 Å². The van der Waals surface area contributed by atoms with Crippen LogP contribution in [0.15, 0.2) is 12.5 Å². The molecule has 0 bridgehead atoms. The van der Waals surface area contributed by atoms with E-state index in [1.165, 1.54) is 0 Å². The minimum atomic E-state index is -2.82. The van der Waals surface area contributed by atoms with Gasteiger partial charge in [-0.15, -0.1) is 0 Å². The fraction of sp³-hybridized carbons (Fsp3) is 0.727. The van der Waals surface area contributed by atoms with Crippen molar-refractivity contribution < 1.29 is 8.42 Å². The molecule has 1 aliphatic heterocycles. The van der Waals surface area contributed by atoms with E-state index in [-0.39, 0.29) is 11.8 Å². The number of imidazole rings is 1. The Bertz CT molecular complexity index is 497. The second-order valence-corrected chi connectivity index (χ2v) is 7.09. The van der Waals surface area contributed by atoms with Crippen LogP contribution < -0.4 is 5.73 Å². The number of nitrogens with two attached hydrogens (primary N) is 1. The van der Waals surface area contributed by atoms with Gasteiger partial charge in [0.05, 0.1) is 23.5 Å². The maximum atomic E-state index is 11.4. The van der Waals surface area contributed by atoms with Gasteiger partial charge < -0.3 is 10.3 Å². The zero-order chi connectivity index (χ0) is 13.2. The summed E-state index contributed by atoms with van der Waals surface area (Å²) in [6.07, 6.45) is 4.45. The van der Waals surface area contributed by atoms with Crippen LogP contribution in [0.2, 0.25) is 0 Å². The van der Waals surface area contributed by atoms with Crippen molar-refractivity contribution in [3.8, 4) is 0 Å². The molecule has 0 spiro atoms. The van der Waals surface area contributed by atoms with Crippen LogP contribution in [0.1, 0.15) is 12.1 Å². The molecule has 2 rings (SSSR count). The smallest absolute Gasteiger partial charge is 0.151 e. The lowest BCUT2D eigenvalue weighted by atomic mass is 10.2. The Labute approximate surface area is 108 Å². The normalized spacial score (nSPS) is 22.7. The Kier molecular flexibility index (Phi) is 4.04. The van der Waals surface area contributed by atoms with Gasteiger partial charge in [0.2, 0.25) is 0 Å². The SMILES string of the molecule is CN(Cc1cn(CCN)cn1)C1CCS(=O)(=O)C1. The van der Waals surface area contributed by atoms with Gasteiger partial charge in [-0.1, -0.05) is 0 Å². The molecule has 1 saturated heterocycles. The highest BCUT2D eigenvalue weighted by molar-refractivity contribution is 7.91. The van der Waals surface area contributed by atoms with E-state index in [1.807, 2.05) is 17.8 Å². The Morgan fingerprint density at radius 1 is 1.61 bits per heavy atom. The monoisotopic (exact) mass is 272 g/mol. The molecule has 1 aromatic heterocycles. The van der Waals surface area contributed by atoms with E-state index in [0.717, 1.165) is 18.7 Å². The topological polar surface area (TPSA) is 81.2 Å². The average Bonchev–Trinajstić information content (AvgIpc) is 2.86. The third-order valence-corrected chi connectivity index (χ3v) is 5.07. The first-order valence-corrected chi connectivity index (χ1v) is 7.94. The number of aromatic nitrogens is 2. The number of sulfone groups is 1. The van der Waals surface area contributed by atoms with Crippen molar-refractivity contribution in [2.24, 2.45) is 5.73 Å². The quantitative estimate of drug-likeness (QED) is 0.778. The average molecular weight is 272 g/mol. The largest absolute Gasteiger partial charge is 0.336 e. The second-order valence-electron chi connectivity index (χ2n) is 4.86. The molecule has 0 aliphatic carbocycles. The molecule has 1 atom stereocenters. The molecule has 18 heavy (non-hydrogen) atoms. The summed E-state index contributed by atoms with van der Waals surface area (Å²) in [5.74, 6) is 0.580. The Balaban J connectivity index is 1.92. The van der Waals surface area contributed by atoms with Gasteiger partial charge in [0, 0.05) is 31.9 Å². The van der Waals surface area contributed by atoms with Crippen molar-refractivity contribution >= 4 is 9.84 Å². The number of rotatable bonds is 5. The zero-order valence-corrected chi connectivity index (χ0v) is 11.4. The van der Waals surface area contributed by atoms with Gasteiger partial charge in [0.1, 0.15) is 0 Å². The molecular formula is C11H20N4O2S. The van der Waals surface area contributed by atoms with Gasteiger partial charge in [-0.25, -0.2) is 13.4 Å². The van der Waals surface area contributed by atoms with Crippen molar-refractivity contribution in [1.82, 2.24) is 14.5 Å². The zero-order valence-electron chi connectivity index (χ0n) is 10.6. The van der Waals surface area contributed by atoms with Gasteiger partial charge in [0.15, 0.2) is 9.84 Å². The van der Waals surface area contributed by atoms with Crippen LogP contribution in [0.25, 0.3) is 0 Å². The lowest BCUT2D eigenvalue weighted by Crippen LogP contribution is -2.32. The highest BCUT2D eigenvalue weighted by Crippen LogP contribution is 2.17. The Morgan fingerprint density at radius 2 is 2.39 bits per heavy atom. The second kappa shape index (κ2) is 5.38. The molecule has 2 N–H and O–H groups in total. The third-order valence-electron chi connectivity index (χ3n) is 3.32. The van der Waals surface area contributed by atoms with Crippen molar-refractivity contribution in [2.75, 3.05) is 25.1 Å². The summed E-state index contributed by atoms with van der Waals surface area (Å²) in [5, 5.41) is 0. The Hall–Kier alpha value is -0.920. The molecule has 102 valence electrons. The summed E-state index contributed by atoms with van der Waals surface area (Å²) in [4.78, 5) is 6.37. The van der Waals surface area contributed by atoms with E-state index >= 15 is 0 Å². The van der Waals surface area contributed by atoms with Crippen molar-refractivity contribution in [2.45, 2.75) is 25.6 Å². The van der Waals surface area contributed by atoms with Crippen LogP contribution in [0.5, 0.6) is 0 Å². The molecule has 1 aliphatic rings. The van der Waals surface area contributed by atoms with Crippen LogP contribution >= 0.6 is 0 Å². The van der Waals surface area contributed by atoms with Crippen LogP contribution in [-0.4, -0.2) is 54.0 Å². The summed E-state index contributed by atoms with van der Waals surface area (Å²) in [6.45, 7) is 2.03. The number of hydrogen-bond acceptors (Lipinski definition) is 5. The summed E-state index contributed by atoms with van der Waals surface area (Å²) >= 11 is 0. The molecule has 6 nitrogen and oxygen atoms in total. The van der Waals surface area contributed by atoms with E-state index < -0.39 is 9.84 Å². The molecule has 1 fully saturated rings. The predicted molar refractivity (Wildman–Crippen MR) is 69.8 cm³/mol. The van der Waals surface area contributed by atoms with Crippen LogP contribution in [-0.2, 0) is 22.9 Å².